The Morgan fingerprint density at radius 2 is 1.91 bits per heavy atom. The van der Waals surface area contributed by atoms with E-state index >= 15 is 0 Å². The summed E-state index contributed by atoms with van der Waals surface area (Å²) in [5.74, 6) is -0.343. The maximum Gasteiger partial charge on any atom is 0.246 e. The van der Waals surface area contributed by atoms with Crippen molar-refractivity contribution in [3.05, 3.63) is 29.8 Å². The second-order valence-corrected chi connectivity index (χ2v) is 5.72. The molecule has 2 aliphatic rings. The summed E-state index contributed by atoms with van der Waals surface area (Å²) in [6, 6.07) is 7.40. The number of hydrogen-bond acceptors (Lipinski definition) is 4. The third kappa shape index (κ3) is 2.42. The lowest BCUT2D eigenvalue weighted by Gasteiger charge is -2.33. The predicted octanol–water partition coefficient (Wildman–Crippen LogP) is 1.25. The highest BCUT2D eigenvalue weighted by molar-refractivity contribution is 6.05. The number of amides is 2. The molecule has 1 heterocycles. The first-order chi connectivity index (χ1) is 10.7. The third-order valence-corrected chi connectivity index (χ3v) is 4.43. The molecule has 0 atom stereocenters. The fourth-order valence-corrected chi connectivity index (χ4v) is 3.37. The number of nitrogens with one attached hydrogen (secondary N) is 1. The molecule has 1 saturated heterocycles. The number of piperazine rings is 1. The smallest absolute Gasteiger partial charge is 0.246 e. The number of aliphatic imine (C=N–C) groups is 1. The number of rotatable bonds is 3. The Labute approximate surface area is 128 Å². The van der Waals surface area contributed by atoms with Gasteiger partial charge in [0, 0.05) is 11.3 Å². The fraction of sp³-hybridized carbons (Fsp3) is 0.438. The van der Waals surface area contributed by atoms with Gasteiger partial charge in [0.2, 0.25) is 17.9 Å². The Balaban J connectivity index is 2.08. The Kier molecular flexibility index (Phi) is 3.77. The van der Waals surface area contributed by atoms with Crippen LogP contribution in [0.4, 0.5) is 5.69 Å². The fourth-order valence-electron chi connectivity index (χ4n) is 3.37. The molecular weight excluding hydrogens is 282 g/mol. The zero-order chi connectivity index (χ0) is 15.6. The molecule has 1 aliphatic heterocycles. The van der Waals surface area contributed by atoms with E-state index in [1.807, 2.05) is 24.3 Å². The Bertz CT molecular complexity index is 658. The number of benzene rings is 1. The number of carbonyl (C=O) groups is 2. The first kappa shape index (κ1) is 14.5. The molecule has 1 aromatic rings. The second-order valence-electron chi connectivity index (χ2n) is 5.72. The van der Waals surface area contributed by atoms with Gasteiger partial charge in [0.1, 0.15) is 12.1 Å². The van der Waals surface area contributed by atoms with Crippen LogP contribution in [0.25, 0.3) is 0 Å². The molecule has 0 bridgehead atoms. The molecule has 6 nitrogen and oxygen atoms in total. The van der Waals surface area contributed by atoms with Gasteiger partial charge >= 0.3 is 0 Å². The van der Waals surface area contributed by atoms with Crippen molar-refractivity contribution in [3.8, 4) is 0 Å². The summed E-state index contributed by atoms with van der Waals surface area (Å²) < 4.78 is 0. The van der Waals surface area contributed by atoms with E-state index < -0.39 is 5.54 Å². The lowest BCUT2D eigenvalue weighted by Crippen LogP contribution is -2.52. The van der Waals surface area contributed by atoms with Crippen LogP contribution < -0.4 is 10.2 Å². The van der Waals surface area contributed by atoms with E-state index in [-0.39, 0.29) is 24.9 Å². The summed E-state index contributed by atoms with van der Waals surface area (Å²) in [5, 5.41) is 2.54. The number of nitrogens with zero attached hydrogens (tertiary/aromatic N) is 2. The quantitative estimate of drug-likeness (QED) is 0.674. The Morgan fingerprint density at radius 3 is 2.64 bits per heavy atom. The minimum Gasteiger partial charge on any atom is -0.345 e. The predicted molar refractivity (Wildman–Crippen MR) is 80.1 cm³/mol. The van der Waals surface area contributed by atoms with E-state index in [2.05, 4.69) is 10.3 Å². The van der Waals surface area contributed by atoms with Gasteiger partial charge in [-0.1, -0.05) is 31.0 Å². The van der Waals surface area contributed by atoms with Crippen LogP contribution >= 0.6 is 0 Å². The molecule has 0 spiro atoms. The summed E-state index contributed by atoms with van der Waals surface area (Å²) in [4.78, 5) is 40.3. The number of isocyanates is 1. The number of hydrogen-bond donors (Lipinski definition) is 1. The topological polar surface area (TPSA) is 78.8 Å². The summed E-state index contributed by atoms with van der Waals surface area (Å²) in [6.45, 7) is -0.00610. The third-order valence-electron chi connectivity index (χ3n) is 4.43. The summed E-state index contributed by atoms with van der Waals surface area (Å²) in [6.07, 6.45) is 5.17. The molecule has 6 heteroatoms. The van der Waals surface area contributed by atoms with Gasteiger partial charge < -0.3 is 10.2 Å². The van der Waals surface area contributed by atoms with Crippen molar-refractivity contribution >= 4 is 23.6 Å². The van der Waals surface area contributed by atoms with Gasteiger partial charge in [-0.15, -0.1) is 0 Å². The van der Waals surface area contributed by atoms with Crippen molar-refractivity contribution < 1.29 is 14.4 Å². The second kappa shape index (κ2) is 5.73. The molecule has 0 unspecified atom stereocenters. The zero-order valence-corrected chi connectivity index (χ0v) is 12.2. The highest BCUT2D eigenvalue weighted by Gasteiger charge is 2.39. The maximum atomic E-state index is 12.2. The van der Waals surface area contributed by atoms with Gasteiger partial charge in [0.15, 0.2) is 0 Å². The monoisotopic (exact) mass is 299 g/mol. The zero-order valence-electron chi connectivity index (χ0n) is 12.2. The normalized spacial score (nSPS) is 20.5. The lowest BCUT2D eigenvalue weighted by atomic mass is 9.87. The Morgan fingerprint density at radius 1 is 1.18 bits per heavy atom. The van der Waals surface area contributed by atoms with Gasteiger partial charge in [-0.25, -0.2) is 4.79 Å². The van der Waals surface area contributed by atoms with Gasteiger partial charge in [-0.2, -0.15) is 4.99 Å². The average molecular weight is 299 g/mol. The van der Waals surface area contributed by atoms with Crippen molar-refractivity contribution in [3.63, 3.8) is 0 Å². The molecular formula is C16H17N3O3. The minimum absolute atomic E-state index is 0.00286. The summed E-state index contributed by atoms with van der Waals surface area (Å²) in [5.41, 5.74) is 0.883. The van der Waals surface area contributed by atoms with Crippen LogP contribution in [0.1, 0.15) is 31.2 Å². The highest BCUT2D eigenvalue weighted by atomic mass is 16.2. The van der Waals surface area contributed by atoms with Crippen LogP contribution in [0.2, 0.25) is 0 Å². The largest absolute Gasteiger partial charge is 0.345 e. The molecule has 1 aromatic carbocycles. The van der Waals surface area contributed by atoms with Crippen LogP contribution in [0.5, 0.6) is 0 Å². The highest BCUT2D eigenvalue weighted by Crippen LogP contribution is 2.45. The van der Waals surface area contributed by atoms with Gasteiger partial charge in [0.25, 0.3) is 0 Å². The van der Waals surface area contributed by atoms with Crippen molar-refractivity contribution in [2.24, 2.45) is 4.99 Å². The van der Waals surface area contributed by atoms with Gasteiger partial charge in [-0.05, 0) is 18.9 Å². The first-order valence-corrected chi connectivity index (χ1v) is 7.42. The van der Waals surface area contributed by atoms with E-state index in [1.54, 1.807) is 6.08 Å². The summed E-state index contributed by atoms with van der Waals surface area (Å²) in [7, 11) is 0. The maximum absolute atomic E-state index is 12.2. The number of para-hydroxylation sites is 1. The molecule has 22 heavy (non-hydrogen) atoms. The van der Waals surface area contributed by atoms with Crippen molar-refractivity contribution in [2.75, 3.05) is 18.0 Å². The van der Waals surface area contributed by atoms with Crippen LogP contribution in [0.3, 0.4) is 0 Å². The summed E-state index contributed by atoms with van der Waals surface area (Å²) >= 11 is 0. The van der Waals surface area contributed by atoms with Crippen molar-refractivity contribution in [1.82, 2.24) is 5.32 Å². The van der Waals surface area contributed by atoms with Crippen LogP contribution in [0.15, 0.2) is 29.3 Å². The van der Waals surface area contributed by atoms with Crippen LogP contribution in [-0.4, -0.2) is 31.0 Å². The lowest BCUT2D eigenvalue weighted by molar-refractivity contribution is -0.128. The van der Waals surface area contributed by atoms with Gasteiger partial charge in [0.05, 0.1) is 6.54 Å². The van der Waals surface area contributed by atoms with Crippen LogP contribution in [0, 0.1) is 0 Å². The Hall–Kier alpha value is -2.46. The average Bonchev–Trinajstić information content (AvgIpc) is 3.00. The molecule has 1 saturated carbocycles. The number of carbonyl (C=O) groups excluding carboxylic acids is 3. The van der Waals surface area contributed by atoms with E-state index in [0.717, 1.165) is 31.2 Å². The molecule has 3 rings (SSSR count). The van der Waals surface area contributed by atoms with Crippen molar-refractivity contribution in [2.45, 2.75) is 31.2 Å². The molecule has 1 N–H and O–H groups in total. The molecule has 0 radical (unpaired) electrons. The molecule has 2 fully saturated rings. The SMILES string of the molecule is O=C=NC1(c2ccccc2N2CC(=O)NCC2=O)CCCC1. The molecule has 1 aliphatic carbocycles. The minimum atomic E-state index is -0.619. The van der Waals surface area contributed by atoms with Crippen LogP contribution in [-0.2, 0) is 19.9 Å². The standard InChI is InChI=1S/C16H17N3O3/c20-11-18-16(7-3-4-8-16)12-5-1-2-6-13(12)19-10-14(21)17-9-15(19)22/h1-2,5-6H,3-4,7-10H2,(H,17,21). The van der Waals surface area contributed by atoms with E-state index in [9.17, 15) is 14.4 Å². The molecule has 0 aromatic heterocycles. The van der Waals surface area contributed by atoms with E-state index in [1.165, 1.54) is 4.90 Å². The number of anilines is 1. The van der Waals surface area contributed by atoms with E-state index in [4.69, 9.17) is 0 Å². The van der Waals surface area contributed by atoms with E-state index in [0.29, 0.717) is 5.69 Å². The first-order valence-electron chi connectivity index (χ1n) is 7.42. The molecule has 2 amide bonds. The van der Waals surface area contributed by atoms with Gasteiger partial charge in [-0.3, -0.25) is 9.59 Å². The molecule has 114 valence electrons. The van der Waals surface area contributed by atoms with Crippen molar-refractivity contribution in [1.29, 1.82) is 0 Å².